The predicted molar refractivity (Wildman–Crippen MR) is 56.4 cm³/mol. The third-order valence-electron chi connectivity index (χ3n) is 2.86. The highest BCUT2D eigenvalue weighted by atomic mass is 19.4. The molecule has 2 heterocycles. The number of halogens is 3. The van der Waals surface area contributed by atoms with Crippen molar-refractivity contribution in [3.8, 4) is 0 Å². The highest BCUT2D eigenvalue weighted by molar-refractivity contribution is 5.13. The van der Waals surface area contributed by atoms with E-state index in [1.165, 1.54) is 4.68 Å². The van der Waals surface area contributed by atoms with E-state index < -0.39 is 11.9 Å². The molecular formula is C10H15F3N4. The molecule has 1 aromatic heterocycles. The highest BCUT2D eigenvalue weighted by Gasteiger charge is 2.34. The van der Waals surface area contributed by atoms with Crippen LogP contribution in [0.3, 0.4) is 0 Å². The van der Waals surface area contributed by atoms with Gasteiger partial charge in [0.1, 0.15) is 0 Å². The molecule has 1 aliphatic heterocycles. The van der Waals surface area contributed by atoms with Crippen molar-refractivity contribution in [2.24, 2.45) is 7.05 Å². The first kappa shape index (κ1) is 12.4. The number of piperazine rings is 1. The molecule has 0 saturated carbocycles. The summed E-state index contributed by atoms with van der Waals surface area (Å²) < 4.78 is 38.7. The van der Waals surface area contributed by atoms with Crippen molar-refractivity contribution in [3.63, 3.8) is 0 Å². The molecule has 0 spiro atoms. The molecule has 0 amide bonds. The SMILES string of the molecule is Cn1nc(C(F)(F)F)cc1CN1CCNCC1. The fraction of sp³-hybridized carbons (Fsp3) is 0.700. The van der Waals surface area contributed by atoms with Crippen LogP contribution >= 0.6 is 0 Å². The predicted octanol–water partition coefficient (Wildman–Crippen LogP) is 0.844. The molecule has 0 radical (unpaired) electrons. The lowest BCUT2D eigenvalue weighted by atomic mass is 10.3. The van der Waals surface area contributed by atoms with Crippen LogP contribution in [0.15, 0.2) is 6.07 Å². The molecule has 17 heavy (non-hydrogen) atoms. The average Bonchev–Trinajstić information content (AvgIpc) is 2.62. The normalized spacial score (nSPS) is 18.6. The maximum absolute atomic E-state index is 12.5. The van der Waals surface area contributed by atoms with Gasteiger partial charge >= 0.3 is 6.18 Å². The van der Waals surface area contributed by atoms with E-state index in [1.54, 1.807) is 7.05 Å². The van der Waals surface area contributed by atoms with Crippen LogP contribution in [0.4, 0.5) is 13.2 Å². The monoisotopic (exact) mass is 248 g/mol. The smallest absolute Gasteiger partial charge is 0.314 e. The highest BCUT2D eigenvalue weighted by Crippen LogP contribution is 2.28. The summed E-state index contributed by atoms with van der Waals surface area (Å²) >= 11 is 0. The van der Waals surface area contributed by atoms with Crippen molar-refractivity contribution in [2.45, 2.75) is 12.7 Å². The zero-order valence-corrected chi connectivity index (χ0v) is 9.59. The fourth-order valence-corrected chi connectivity index (χ4v) is 1.89. The van der Waals surface area contributed by atoms with E-state index in [4.69, 9.17) is 0 Å². The molecule has 0 atom stereocenters. The summed E-state index contributed by atoms with van der Waals surface area (Å²) in [6.07, 6.45) is -4.36. The summed E-state index contributed by atoms with van der Waals surface area (Å²) in [6.45, 7) is 3.98. The van der Waals surface area contributed by atoms with Gasteiger partial charge in [-0.3, -0.25) is 9.58 Å². The number of hydrogen-bond acceptors (Lipinski definition) is 3. The van der Waals surface area contributed by atoms with Crippen molar-refractivity contribution in [3.05, 3.63) is 17.5 Å². The lowest BCUT2D eigenvalue weighted by Gasteiger charge is -2.26. The van der Waals surface area contributed by atoms with E-state index in [1.807, 2.05) is 0 Å². The van der Waals surface area contributed by atoms with E-state index in [0.29, 0.717) is 12.2 Å². The number of nitrogens with one attached hydrogen (secondary N) is 1. The quantitative estimate of drug-likeness (QED) is 0.842. The zero-order valence-electron chi connectivity index (χ0n) is 9.59. The third kappa shape index (κ3) is 2.98. The standard InChI is InChI=1S/C10H15F3N4/c1-16-8(6-9(15-16)10(11,12)13)7-17-4-2-14-3-5-17/h6,14H,2-5,7H2,1H3. The zero-order chi connectivity index (χ0) is 12.5. The number of alkyl halides is 3. The summed E-state index contributed by atoms with van der Waals surface area (Å²) in [6, 6.07) is 1.13. The van der Waals surface area contributed by atoms with Gasteiger partial charge in [-0.05, 0) is 6.07 Å². The molecule has 0 bridgehead atoms. The minimum atomic E-state index is -4.36. The molecule has 1 saturated heterocycles. The van der Waals surface area contributed by atoms with Crippen LogP contribution in [0, 0.1) is 0 Å². The van der Waals surface area contributed by atoms with Crippen LogP contribution in [-0.2, 0) is 19.8 Å². The van der Waals surface area contributed by atoms with Gasteiger partial charge in [-0.2, -0.15) is 18.3 Å². The summed E-state index contributed by atoms with van der Waals surface area (Å²) in [5.41, 5.74) is -0.218. The molecule has 1 aromatic rings. The minimum absolute atomic E-state index is 0.515. The van der Waals surface area contributed by atoms with Crippen LogP contribution < -0.4 is 5.32 Å². The second kappa shape index (κ2) is 4.66. The van der Waals surface area contributed by atoms with E-state index in [2.05, 4.69) is 15.3 Å². The van der Waals surface area contributed by atoms with E-state index >= 15 is 0 Å². The molecule has 7 heteroatoms. The Kier molecular flexibility index (Phi) is 3.39. The Morgan fingerprint density at radius 1 is 1.35 bits per heavy atom. The molecular weight excluding hydrogens is 233 g/mol. The van der Waals surface area contributed by atoms with E-state index in [-0.39, 0.29) is 0 Å². The molecule has 4 nitrogen and oxygen atoms in total. The van der Waals surface area contributed by atoms with Gasteiger partial charge in [-0.1, -0.05) is 0 Å². The fourth-order valence-electron chi connectivity index (χ4n) is 1.89. The van der Waals surface area contributed by atoms with Crippen molar-refractivity contribution >= 4 is 0 Å². The van der Waals surface area contributed by atoms with Gasteiger partial charge in [-0.25, -0.2) is 0 Å². The Labute approximate surface area is 97.4 Å². The van der Waals surface area contributed by atoms with E-state index in [0.717, 1.165) is 32.2 Å². The molecule has 96 valence electrons. The van der Waals surface area contributed by atoms with Gasteiger partial charge < -0.3 is 5.32 Å². The molecule has 2 rings (SSSR count). The molecule has 1 N–H and O–H groups in total. The number of nitrogens with zero attached hydrogens (tertiary/aromatic N) is 3. The van der Waals surface area contributed by atoms with Crippen molar-refractivity contribution in [1.29, 1.82) is 0 Å². The van der Waals surface area contributed by atoms with Gasteiger partial charge in [0.05, 0.1) is 5.69 Å². The van der Waals surface area contributed by atoms with Crippen LogP contribution in [0.25, 0.3) is 0 Å². The Hall–Kier alpha value is -1.08. The topological polar surface area (TPSA) is 33.1 Å². The second-order valence-corrected chi connectivity index (χ2v) is 4.17. The number of rotatable bonds is 2. The first-order valence-electron chi connectivity index (χ1n) is 5.50. The minimum Gasteiger partial charge on any atom is -0.314 e. The number of aryl methyl sites for hydroxylation is 1. The maximum Gasteiger partial charge on any atom is 0.435 e. The Balaban J connectivity index is 2.07. The first-order chi connectivity index (χ1) is 7.97. The van der Waals surface area contributed by atoms with Crippen molar-refractivity contribution in [1.82, 2.24) is 20.0 Å². The Bertz CT molecular complexity index is 379. The van der Waals surface area contributed by atoms with Gasteiger partial charge in [-0.15, -0.1) is 0 Å². The first-order valence-corrected chi connectivity index (χ1v) is 5.50. The second-order valence-electron chi connectivity index (χ2n) is 4.17. The van der Waals surface area contributed by atoms with E-state index in [9.17, 15) is 13.2 Å². The summed E-state index contributed by atoms with van der Waals surface area (Å²) in [5.74, 6) is 0. The molecule has 1 aliphatic rings. The van der Waals surface area contributed by atoms with Crippen LogP contribution in [0.2, 0.25) is 0 Å². The summed E-state index contributed by atoms with van der Waals surface area (Å²) in [4.78, 5) is 2.12. The van der Waals surface area contributed by atoms with Gasteiger partial charge in [0, 0.05) is 39.8 Å². The Morgan fingerprint density at radius 3 is 2.53 bits per heavy atom. The lowest BCUT2D eigenvalue weighted by molar-refractivity contribution is -0.141. The summed E-state index contributed by atoms with van der Waals surface area (Å²) in [7, 11) is 1.55. The molecule has 0 aliphatic carbocycles. The van der Waals surface area contributed by atoms with Crippen molar-refractivity contribution in [2.75, 3.05) is 26.2 Å². The summed E-state index contributed by atoms with van der Waals surface area (Å²) in [5, 5.41) is 6.70. The largest absolute Gasteiger partial charge is 0.435 e. The number of aromatic nitrogens is 2. The molecule has 1 fully saturated rings. The van der Waals surface area contributed by atoms with Gasteiger partial charge in [0.25, 0.3) is 0 Å². The Morgan fingerprint density at radius 2 is 2.00 bits per heavy atom. The maximum atomic E-state index is 12.5. The number of hydrogen-bond donors (Lipinski definition) is 1. The lowest BCUT2D eigenvalue weighted by Crippen LogP contribution is -2.43. The van der Waals surface area contributed by atoms with Crippen LogP contribution in [0.5, 0.6) is 0 Å². The van der Waals surface area contributed by atoms with Crippen molar-refractivity contribution < 1.29 is 13.2 Å². The molecule has 0 aromatic carbocycles. The molecule has 0 unspecified atom stereocenters. The van der Waals surface area contributed by atoms with Crippen LogP contribution in [0.1, 0.15) is 11.4 Å². The van der Waals surface area contributed by atoms with Crippen LogP contribution in [-0.4, -0.2) is 40.9 Å². The van der Waals surface area contributed by atoms with Gasteiger partial charge in [0.15, 0.2) is 5.69 Å². The van der Waals surface area contributed by atoms with Gasteiger partial charge in [0.2, 0.25) is 0 Å². The third-order valence-corrected chi connectivity index (χ3v) is 2.86. The average molecular weight is 248 g/mol.